The van der Waals surface area contributed by atoms with Gasteiger partial charge in [-0.25, -0.2) is 14.6 Å². The first kappa shape index (κ1) is 29.9. The first-order valence-electron chi connectivity index (χ1n) is 16.8. The molecule has 0 aliphatic rings. The molecule has 9 rings (SSSR count). The predicted molar refractivity (Wildman–Crippen MR) is 201 cm³/mol. The Balaban J connectivity index is 1.23. The number of aromatic nitrogens is 5. The lowest BCUT2D eigenvalue weighted by molar-refractivity contribution is 0.483. The average molecular weight is 654 g/mol. The molecular formula is C43H35N5O2. The fourth-order valence-electron chi connectivity index (χ4n) is 7.20. The highest BCUT2D eigenvalue weighted by atomic mass is 16.5. The van der Waals surface area contributed by atoms with Crippen LogP contribution in [-0.2, 0) is 5.41 Å². The molecule has 4 aromatic heterocycles. The number of furan rings is 1. The fourth-order valence-corrected chi connectivity index (χ4v) is 7.20. The minimum atomic E-state index is -0.0140. The Morgan fingerprint density at radius 1 is 0.660 bits per heavy atom. The van der Waals surface area contributed by atoms with Crippen molar-refractivity contribution in [2.75, 3.05) is 0 Å². The molecule has 4 heterocycles. The molecule has 50 heavy (non-hydrogen) atoms. The lowest BCUT2D eigenvalue weighted by Crippen LogP contribution is -2.12. The van der Waals surface area contributed by atoms with E-state index in [4.69, 9.17) is 24.2 Å². The summed E-state index contributed by atoms with van der Waals surface area (Å²) < 4.78 is 17.3. The van der Waals surface area contributed by atoms with Crippen LogP contribution >= 0.6 is 0 Å². The number of hydrogen-bond donors (Lipinski definition) is 0. The van der Waals surface area contributed by atoms with Crippen molar-refractivity contribution in [2.45, 2.75) is 40.0 Å². The summed E-state index contributed by atoms with van der Waals surface area (Å²) in [5, 5.41) is 8.98. The number of pyridine rings is 1. The zero-order valence-electron chi connectivity index (χ0n) is 28.6. The first-order valence-corrected chi connectivity index (χ1v) is 16.8. The summed E-state index contributed by atoms with van der Waals surface area (Å²) in [6.07, 6.45) is 3.51. The summed E-state index contributed by atoms with van der Waals surface area (Å²) in [5.41, 5.74) is 8.95. The van der Waals surface area contributed by atoms with E-state index in [0.29, 0.717) is 22.9 Å². The summed E-state index contributed by atoms with van der Waals surface area (Å²) in [7, 11) is 0. The third kappa shape index (κ3) is 4.77. The van der Waals surface area contributed by atoms with Crippen LogP contribution in [0.2, 0.25) is 0 Å². The van der Waals surface area contributed by atoms with Crippen molar-refractivity contribution in [3.05, 3.63) is 138 Å². The molecule has 0 aliphatic heterocycles. The molecule has 0 N–H and O–H groups in total. The lowest BCUT2D eigenvalue weighted by atomic mass is 9.88. The number of rotatable bonds is 5. The molecule has 0 aliphatic carbocycles. The summed E-state index contributed by atoms with van der Waals surface area (Å²) in [4.78, 5) is 9.65. The van der Waals surface area contributed by atoms with Crippen molar-refractivity contribution in [1.29, 1.82) is 0 Å². The number of para-hydroxylation sites is 3. The molecule has 0 fully saturated rings. The Kier molecular flexibility index (Phi) is 6.68. The molecular weight excluding hydrogens is 619 g/mol. The van der Waals surface area contributed by atoms with Crippen molar-refractivity contribution in [1.82, 2.24) is 24.3 Å². The van der Waals surface area contributed by atoms with E-state index < -0.39 is 0 Å². The SMILES string of the molecule is Cc1cccc(C)c1-n1ncnc1-c1cc(Oc2ccc3c4ccccc4n(-c4cc(C(C)(C)C)ccn4)c3c2)cc2oc3ccccc3c12. The van der Waals surface area contributed by atoms with Gasteiger partial charge in [0.1, 0.15) is 34.8 Å². The second-order valence-electron chi connectivity index (χ2n) is 14.0. The minimum absolute atomic E-state index is 0.0140. The van der Waals surface area contributed by atoms with E-state index >= 15 is 0 Å². The van der Waals surface area contributed by atoms with Gasteiger partial charge in [-0.3, -0.25) is 4.57 Å². The molecule has 7 nitrogen and oxygen atoms in total. The molecule has 5 aromatic carbocycles. The number of hydrogen-bond acceptors (Lipinski definition) is 5. The van der Waals surface area contributed by atoms with Gasteiger partial charge in [0.05, 0.1) is 16.7 Å². The second-order valence-corrected chi connectivity index (χ2v) is 14.0. The molecule has 0 saturated carbocycles. The molecule has 244 valence electrons. The zero-order chi connectivity index (χ0) is 34.1. The van der Waals surface area contributed by atoms with Gasteiger partial charge in [0.15, 0.2) is 5.82 Å². The Labute approximate surface area is 289 Å². The van der Waals surface area contributed by atoms with Crippen LogP contribution in [0, 0.1) is 13.8 Å². The third-order valence-electron chi connectivity index (χ3n) is 9.61. The molecule has 0 saturated heterocycles. The molecule has 9 aromatic rings. The van der Waals surface area contributed by atoms with E-state index in [2.05, 4.69) is 112 Å². The highest BCUT2D eigenvalue weighted by Crippen LogP contribution is 2.42. The van der Waals surface area contributed by atoms with Crippen LogP contribution in [0.15, 0.2) is 126 Å². The molecule has 0 radical (unpaired) electrons. The van der Waals surface area contributed by atoms with Gasteiger partial charge in [-0.2, -0.15) is 5.10 Å². The molecule has 0 bridgehead atoms. The van der Waals surface area contributed by atoms with Gasteiger partial charge in [0.25, 0.3) is 0 Å². The van der Waals surface area contributed by atoms with Gasteiger partial charge in [-0.15, -0.1) is 0 Å². The topological polar surface area (TPSA) is 70.9 Å². The normalized spacial score (nSPS) is 12.1. The van der Waals surface area contributed by atoms with E-state index in [1.54, 1.807) is 6.33 Å². The number of benzene rings is 5. The van der Waals surface area contributed by atoms with Crippen molar-refractivity contribution in [3.8, 4) is 34.4 Å². The van der Waals surface area contributed by atoms with Crippen molar-refractivity contribution < 1.29 is 9.15 Å². The monoisotopic (exact) mass is 653 g/mol. The van der Waals surface area contributed by atoms with Crippen molar-refractivity contribution in [3.63, 3.8) is 0 Å². The summed E-state index contributed by atoms with van der Waals surface area (Å²) in [6.45, 7) is 10.9. The van der Waals surface area contributed by atoms with Gasteiger partial charge in [0, 0.05) is 45.4 Å². The first-order chi connectivity index (χ1) is 24.2. The van der Waals surface area contributed by atoms with E-state index in [9.17, 15) is 0 Å². The molecule has 0 amide bonds. The van der Waals surface area contributed by atoms with Crippen LogP contribution in [0.4, 0.5) is 0 Å². The van der Waals surface area contributed by atoms with Crippen LogP contribution in [0.3, 0.4) is 0 Å². The van der Waals surface area contributed by atoms with Gasteiger partial charge in [-0.05, 0) is 78.4 Å². The van der Waals surface area contributed by atoms with E-state index in [1.165, 1.54) is 5.56 Å². The molecule has 0 spiro atoms. The maximum absolute atomic E-state index is 6.74. The molecule has 0 unspecified atom stereocenters. The standard InChI is InChI=1S/C43H35N5O2/c1-26-11-10-12-27(2)41(26)48-42(45-25-46-48)34-22-30(24-38-40(34)33-14-7-9-16-37(33)50-38)49-29-17-18-32-31-13-6-8-15-35(31)47(36(32)23-29)39-21-28(19-20-44-39)43(3,4)5/h6-25H,1-5H3. The van der Waals surface area contributed by atoms with Crippen LogP contribution in [0.5, 0.6) is 11.5 Å². The zero-order valence-corrected chi connectivity index (χ0v) is 28.6. The Morgan fingerprint density at radius 3 is 2.24 bits per heavy atom. The van der Waals surface area contributed by atoms with Crippen molar-refractivity contribution >= 4 is 43.7 Å². The van der Waals surface area contributed by atoms with E-state index in [-0.39, 0.29) is 5.41 Å². The van der Waals surface area contributed by atoms with Crippen LogP contribution in [-0.4, -0.2) is 24.3 Å². The maximum Gasteiger partial charge on any atom is 0.164 e. The van der Waals surface area contributed by atoms with Gasteiger partial charge < -0.3 is 9.15 Å². The van der Waals surface area contributed by atoms with Crippen LogP contribution in [0.1, 0.15) is 37.5 Å². The number of nitrogens with zero attached hydrogens (tertiary/aromatic N) is 5. The third-order valence-corrected chi connectivity index (χ3v) is 9.61. The van der Waals surface area contributed by atoms with E-state index in [1.807, 2.05) is 47.3 Å². The van der Waals surface area contributed by atoms with Gasteiger partial charge in [-0.1, -0.05) is 75.4 Å². The number of fused-ring (bicyclic) bond motifs is 6. The Morgan fingerprint density at radius 2 is 1.42 bits per heavy atom. The number of ether oxygens (including phenoxy) is 1. The minimum Gasteiger partial charge on any atom is -0.457 e. The largest absolute Gasteiger partial charge is 0.457 e. The van der Waals surface area contributed by atoms with E-state index in [0.717, 1.165) is 66.4 Å². The van der Waals surface area contributed by atoms with Crippen LogP contribution in [0.25, 0.3) is 66.6 Å². The number of aryl methyl sites for hydroxylation is 2. The fraction of sp³-hybridized carbons (Fsp3) is 0.140. The smallest absolute Gasteiger partial charge is 0.164 e. The van der Waals surface area contributed by atoms with Crippen LogP contribution < -0.4 is 4.74 Å². The highest BCUT2D eigenvalue weighted by molar-refractivity contribution is 6.12. The Hall–Kier alpha value is -6.21. The predicted octanol–water partition coefficient (Wildman–Crippen LogP) is 11.0. The van der Waals surface area contributed by atoms with Gasteiger partial charge in [0.2, 0.25) is 0 Å². The lowest BCUT2D eigenvalue weighted by Gasteiger charge is -2.20. The summed E-state index contributed by atoms with van der Waals surface area (Å²) in [5.74, 6) is 2.92. The molecule has 7 heteroatoms. The average Bonchev–Trinajstić information content (AvgIpc) is 3.82. The maximum atomic E-state index is 6.74. The van der Waals surface area contributed by atoms with Gasteiger partial charge >= 0.3 is 0 Å². The van der Waals surface area contributed by atoms with Crippen molar-refractivity contribution in [2.24, 2.45) is 0 Å². The summed E-state index contributed by atoms with van der Waals surface area (Å²) >= 11 is 0. The summed E-state index contributed by atoms with van der Waals surface area (Å²) in [6, 6.07) is 37.4. The molecule has 0 atom stereocenters. The highest BCUT2D eigenvalue weighted by Gasteiger charge is 2.22. The second kappa shape index (κ2) is 11.2. The Bertz CT molecular complexity index is 2740. The quantitative estimate of drug-likeness (QED) is 0.185.